The highest BCUT2D eigenvalue weighted by Gasteiger charge is 2.08. The Balaban J connectivity index is 2.55. The summed E-state index contributed by atoms with van der Waals surface area (Å²) in [6.07, 6.45) is 1.12. The lowest BCUT2D eigenvalue weighted by molar-refractivity contribution is -0.121. The van der Waals surface area contributed by atoms with Crippen LogP contribution in [0.15, 0.2) is 24.3 Å². The molecule has 0 fully saturated rings. The first-order valence-electron chi connectivity index (χ1n) is 6.85. The van der Waals surface area contributed by atoms with Crippen molar-refractivity contribution in [3.63, 3.8) is 0 Å². The molecule has 0 radical (unpaired) electrons. The van der Waals surface area contributed by atoms with Crippen LogP contribution in [0.3, 0.4) is 0 Å². The number of nitrogens with one attached hydrogen (secondary N) is 2. The van der Waals surface area contributed by atoms with E-state index in [9.17, 15) is 9.59 Å². The average Bonchev–Trinajstić information content (AvgIpc) is 2.43. The van der Waals surface area contributed by atoms with E-state index in [1.54, 1.807) is 24.3 Å². The van der Waals surface area contributed by atoms with Crippen molar-refractivity contribution >= 4 is 11.8 Å². The number of ether oxygens (including phenoxy) is 1. The van der Waals surface area contributed by atoms with Gasteiger partial charge in [-0.2, -0.15) is 0 Å². The number of hydrogen-bond acceptors (Lipinski definition) is 3. The van der Waals surface area contributed by atoms with Crippen LogP contribution in [0, 0.1) is 5.92 Å². The van der Waals surface area contributed by atoms with E-state index < -0.39 is 0 Å². The maximum Gasteiger partial charge on any atom is 0.269 e. The molecule has 1 aromatic rings. The van der Waals surface area contributed by atoms with Crippen molar-refractivity contribution in [2.75, 3.05) is 6.61 Å². The highest BCUT2D eigenvalue weighted by Crippen LogP contribution is 2.14. The van der Waals surface area contributed by atoms with Crippen molar-refractivity contribution in [2.45, 2.75) is 33.6 Å². The minimum Gasteiger partial charge on any atom is -0.493 e. The Hall–Kier alpha value is -2.04. The van der Waals surface area contributed by atoms with Crippen LogP contribution in [-0.4, -0.2) is 18.4 Å². The summed E-state index contributed by atoms with van der Waals surface area (Å²) in [5.41, 5.74) is 5.20. The molecule has 0 heterocycles. The second-order valence-corrected chi connectivity index (χ2v) is 4.98. The molecule has 0 atom stereocenters. The van der Waals surface area contributed by atoms with E-state index in [-0.39, 0.29) is 11.8 Å². The molecule has 5 nitrogen and oxygen atoms in total. The molecule has 5 heteroatoms. The van der Waals surface area contributed by atoms with Gasteiger partial charge < -0.3 is 4.74 Å². The molecule has 1 rings (SSSR count). The van der Waals surface area contributed by atoms with Crippen LogP contribution >= 0.6 is 0 Å². The molecule has 0 saturated carbocycles. The van der Waals surface area contributed by atoms with Crippen LogP contribution in [0.2, 0.25) is 0 Å². The van der Waals surface area contributed by atoms with E-state index >= 15 is 0 Å². The smallest absolute Gasteiger partial charge is 0.269 e. The molecule has 1 aromatic carbocycles. The van der Waals surface area contributed by atoms with E-state index in [0.717, 1.165) is 6.42 Å². The third-order valence-corrected chi connectivity index (χ3v) is 2.47. The molecule has 0 unspecified atom stereocenters. The van der Waals surface area contributed by atoms with Gasteiger partial charge >= 0.3 is 0 Å². The molecule has 0 aliphatic carbocycles. The molecule has 0 bridgehead atoms. The molecule has 0 aliphatic heterocycles. The van der Waals surface area contributed by atoms with Gasteiger partial charge in [0.1, 0.15) is 5.75 Å². The van der Waals surface area contributed by atoms with Crippen LogP contribution in [0.5, 0.6) is 5.75 Å². The summed E-state index contributed by atoms with van der Waals surface area (Å²) in [5.74, 6) is 0.504. The van der Waals surface area contributed by atoms with E-state index in [1.165, 1.54) is 0 Å². The minimum atomic E-state index is -0.357. The summed E-state index contributed by atoms with van der Waals surface area (Å²) in [6.45, 7) is 6.61. The van der Waals surface area contributed by atoms with Gasteiger partial charge in [0.25, 0.3) is 5.91 Å². The summed E-state index contributed by atoms with van der Waals surface area (Å²) in [4.78, 5) is 23.1. The van der Waals surface area contributed by atoms with Gasteiger partial charge in [-0.1, -0.05) is 26.8 Å². The number of carbonyl (C=O) groups is 2. The molecular weight excluding hydrogens is 256 g/mol. The third-order valence-electron chi connectivity index (χ3n) is 2.47. The van der Waals surface area contributed by atoms with Crippen LogP contribution in [0.25, 0.3) is 0 Å². The summed E-state index contributed by atoms with van der Waals surface area (Å²) in [7, 11) is 0. The van der Waals surface area contributed by atoms with Crippen LogP contribution < -0.4 is 15.6 Å². The van der Waals surface area contributed by atoms with Crippen molar-refractivity contribution in [1.29, 1.82) is 0 Å². The number of amides is 2. The Labute approximate surface area is 119 Å². The van der Waals surface area contributed by atoms with Gasteiger partial charge in [-0.15, -0.1) is 0 Å². The minimum absolute atomic E-state index is 0.201. The summed E-state index contributed by atoms with van der Waals surface area (Å²) in [6, 6.07) is 6.88. The van der Waals surface area contributed by atoms with Crippen molar-refractivity contribution in [2.24, 2.45) is 5.92 Å². The van der Waals surface area contributed by atoms with Crippen LogP contribution in [0.4, 0.5) is 0 Å². The average molecular weight is 278 g/mol. The molecule has 2 amide bonds. The number of hydrogen-bond donors (Lipinski definition) is 2. The number of benzene rings is 1. The predicted molar refractivity (Wildman–Crippen MR) is 77.3 cm³/mol. The van der Waals surface area contributed by atoms with Crippen molar-refractivity contribution in [3.05, 3.63) is 29.8 Å². The Morgan fingerprint density at radius 3 is 2.65 bits per heavy atom. The maximum atomic E-state index is 11.9. The topological polar surface area (TPSA) is 67.4 Å². The fourth-order valence-corrected chi connectivity index (χ4v) is 1.48. The van der Waals surface area contributed by atoms with E-state index in [4.69, 9.17) is 4.74 Å². The Kier molecular flexibility index (Phi) is 6.56. The normalized spacial score (nSPS) is 10.2. The standard InChI is InChI=1S/C15H22N2O3/c1-4-6-14(18)16-17-15(19)12-7-5-8-13(9-12)20-10-11(2)3/h5,7-9,11H,4,6,10H2,1-3H3,(H,16,18)(H,17,19). The lowest BCUT2D eigenvalue weighted by Gasteiger charge is -2.10. The quantitative estimate of drug-likeness (QED) is 0.784. The zero-order chi connectivity index (χ0) is 15.0. The molecule has 0 spiro atoms. The Morgan fingerprint density at radius 2 is 2.00 bits per heavy atom. The molecule has 0 saturated heterocycles. The summed E-state index contributed by atoms with van der Waals surface area (Å²) >= 11 is 0. The van der Waals surface area contributed by atoms with Gasteiger partial charge in [0, 0.05) is 12.0 Å². The van der Waals surface area contributed by atoms with Gasteiger partial charge in [0.2, 0.25) is 5.91 Å². The van der Waals surface area contributed by atoms with Crippen LogP contribution in [-0.2, 0) is 4.79 Å². The lowest BCUT2D eigenvalue weighted by Crippen LogP contribution is -2.41. The zero-order valence-electron chi connectivity index (χ0n) is 12.2. The van der Waals surface area contributed by atoms with Gasteiger partial charge in [-0.05, 0) is 30.5 Å². The largest absolute Gasteiger partial charge is 0.493 e. The summed E-state index contributed by atoms with van der Waals surface area (Å²) in [5, 5.41) is 0. The fraction of sp³-hybridized carbons (Fsp3) is 0.467. The van der Waals surface area contributed by atoms with Crippen molar-refractivity contribution in [1.82, 2.24) is 10.9 Å². The molecule has 0 aliphatic rings. The Morgan fingerprint density at radius 1 is 1.25 bits per heavy atom. The second-order valence-electron chi connectivity index (χ2n) is 4.98. The Bertz CT molecular complexity index is 458. The molecule has 2 N–H and O–H groups in total. The van der Waals surface area contributed by atoms with Gasteiger partial charge in [0.05, 0.1) is 6.61 Å². The first-order valence-corrected chi connectivity index (χ1v) is 6.85. The van der Waals surface area contributed by atoms with Gasteiger partial charge in [-0.25, -0.2) is 0 Å². The van der Waals surface area contributed by atoms with Crippen molar-refractivity contribution in [3.8, 4) is 5.75 Å². The highest BCUT2D eigenvalue weighted by atomic mass is 16.5. The number of hydrazine groups is 1. The lowest BCUT2D eigenvalue weighted by atomic mass is 10.2. The maximum absolute atomic E-state index is 11.9. The van der Waals surface area contributed by atoms with Crippen molar-refractivity contribution < 1.29 is 14.3 Å². The van der Waals surface area contributed by atoms with E-state index in [1.807, 2.05) is 6.92 Å². The van der Waals surface area contributed by atoms with E-state index in [2.05, 4.69) is 24.7 Å². The first kappa shape index (κ1) is 16.0. The fourth-order valence-electron chi connectivity index (χ4n) is 1.48. The predicted octanol–water partition coefficient (Wildman–Crippen LogP) is 2.28. The molecule has 0 aromatic heterocycles. The molecule has 110 valence electrons. The number of rotatable bonds is 6. The van der Waals surface area contributed by atoms with Gasteiger partial charge in [0.15, 0.2) is 0 Å². The number of carbonyl (C=O) groups excluding carboxylic acids is 2. The zero-order valence-corrected chi connectivity index (χ0v) is 12.2. The SMILES string of the molecule is CCCC(=O)NNC(=O)c1cccc(OCC(C)C)c1. The highest BCUT2D eigenvalue weighted by molar-refractivity contribution is 5.95. The van der Waals surface area contributed by atoms with E-state index in [0.29, 0.717) is 30.3 Å². The molecule has 20 heavy (non-hydrogen) atoms. The van der Waals surface area contributed by atoms with Gasteiger partial charge in [-0.3, -0.25) is 20.4 Å². The summed E-state index contributed by atoms with van der Waals surface area (Å²) < 4.78 is 5.56. The molecular formula is C15H22N2O3. The third kappa shape index (κ3) is 5.73. The second kappa shape index (κ2) is 8.19. The monoisotopic (exact) mass is 278 g/mol. The first-order chi connectivity index (χ1) is 9.52. The van der Waals surface area contributed by atoms with Crippen LogP contribution in [0.1, 0.15) is 44.0 Å².